The van der Waals surface area contributed by atoms with E-state index in [1.165, 1.54) is 4.90 Å². The van der Waals surface area contributed by atoms with E-state index in [0.29, 0.717) is 0 Å². The van der Waals surface area contributed by atoms with Crippen molar-refractivity contribution < 1.29 is 13.2 Å². The minimum absolute atomic E-state index is 0.0376. The van der Waals surface area contributed by atoms with Crippen molar-refractivity contribution in [1.82, 2.24) is 4.90 Å². The van der Waals surface area contributed by atoms with Gasteiger partial charge in [0, 0.05) is 13.1 Å². The lowest BCUT2D eigenvalue weighted by atomic mass is 10.5. The highest BCUT2D eigenvalue weighted by Gasteiger charge is 2.22. The maximum absolute atomic E-state index is 10.8. The third-order valence-corrected chi connectivity index (χ3v) is 3.27. The van der Waals surface area contributed by atoms with Gasteiger partial charge in [0.2, 0.25) is 5.91 Å². The fourth-order valence-electron chi connectivity index (χ4n) is 0.933. The Balaban J connectivity index is 2.56. The molecule has 0 saturated carbocycles. The average molecular weight is 175 g/mol. The summed E-state index contributed by atoms with van der Waals surface area (Å²) in [4.78, 5) is 11.9. The van der Waals surface area contributed by atoms with Gasteiger partial charge in [-0.3, -0.25) is 4.79 Å². The van der Waals surface area contributed by atoms with Crippen LogP contribution in [0.15, 0.2) is 0 Å². The molecule has 0 aromatic rings. The second-order valence-corrected chi connectivity index (χ2v) is 4.78. The molecule has 0 aromatic heterocycles. The lowest BCUT2D eigenvalue weighted by Crippen LogP contribution is -2.42. The van der Waals surface area contributed by atoms with E-state index in [4.69, 9.17) is 6.92 Å². The van der Waals surface area contributed by atoms with Gasteiger partial charge >= 0.3 is 0 Å². The van der Waals surface area contributed by atoms with Crippen LogP contribution in [0.3, 0.4) is 0 Å². The van der Waals surface area contributed by atoms with Crippen LogP contribution in [0.4, 0.5) is 0 Å². The van der Waals surface area contributed by atoms with Crippen LogP contribution in [-0.2, 0) is 14.6 Å². The molecule has 1 amide bonds. The highest BCUT2D eigenvalue weighted by Crippen LogP contribution is 2.02. The lowest BCUT2D eigenvalue weighted by Gasteiger charge is -2.24. The van der Waals surface area contributed by atoms with Gasteiger partial charge in [0.15, 0.2) is 9.84 Å². The third-order valence-electron chi connectivity index (χ3n) is 1.66. The van der Waals surface area contributed by atoms with Gasteiger partial charge in [-0.1, -0.05) is 0 Å². The van der Waals surface area contributed by atoms with Crippen LogP contribution in [0.5, 0.6) is 0 Å². The molecule has 2 radical (unpaired) electrons. The molecule has 1 rings (SSSR count). The summed E-state index contributed by atoms with van der Waals surface area (Å²) in [6.45, 7) is 5.42. The molecular weight excluding hydrogens is 166 g/mol. The average Bonchev–Trinajstić information content (AvgIpc) is 1.86. The molecule has 11 heavy (non-hydrogen) atoms. The molecule has 1 fully saturated rings. The van der Waals surface area contributed by atoms with Gasteiger partial charge in [-0.25, -0.2) is 8.42 Å². The van der Waals surface area contributed by atoms with Crippen molar-refractivity contribution in [2.24, 2.45) is 0 Å². The smallest absolute Gasteiger partial charge is 0.227 e. The largest absolute Gasteiger partial charge is 0.340 e. The number of hydrogen-bond acceptors (Lipinski definition) is 3. The van der Waals surface area contributed by atoms with Crippen molar-refractivity contribution in [3.63, 3.8) is 0 Å². The van der Waals surface area contributed by atoms with Crippen LogP contribution in [0.1, 0.15) is 0 Å². The number of nitrogens with zero attached hydrogens (tertiary/aromatic N) is 1. The molecule has 0 N–H and O–H groups in total. The first-order valence-corrected chi connectivity index (χ1v) is 5.08. The molecule has 0 spiro atoms. The molecule has 5 heteroatoms. The Morgan fingerprint density at radius 2 is 1.73 bits per heavy atom. The van der Waals surface area contributed by atoms with Gasteiger partial charge in [0.25, 0.3) is 0 Å². The Kier molecular flexibility index (Phi) is 2.17. The van der Waals surface area contributed by atoms with E-state index in [0.717, 1.165) is 0 Å². The first kappa shape index (κ1) is 8.52. The lowest BCUT2D eigenvalue weighted by molar-refractivity contribution is -0.125. The minimum Gasteiger partial charge on any atom is -0.340 e. The summed E-state index contributed by atoms with van der Waals surface area (Å²) in [5.41, 5.74) is 0. The molecule has 62 valence electrons. The van der Waals surface area contributed by atoms with E-state index in [2.05, 4.69) is 0 Å². The molecule has 0 aliphatic carbocycles. The molecule has 0 unspecified atom stereocenters. The Labute approximate surface area is 66.1 Å². The van der Waals surface area contributed by atoms with Gasteiger partial charge in [-0.15, -0.1) is 0 Å². The first-order valence-electron chi connectivity index (χ1n) is 3.26. The van der Waals surface area contributed by atoms with E-state index < -0.39 is 15.7 Å². The van der Waals surface area contributed by atoms with Crippen molar-refractivity contribution >= 4 is 15.7 Å². The highest BCUT2D eigenvalue weighted by molar-refractivity contribution is 7.91. The summed E-state index contributed by atoms with van der Waals surface area (Å²) in [5.74, 6) is -0.466. The zero-order chi connectivity index (χ0) is 8.48. The van der Waals surface area contributed by atoms with Crippen molar-refractivity contribution in [2.75, 3.05) is 24.6 Å². The van der Waals surface area contributed by atoms with E-state index in [1.54, 1.807) is 0 Å². The molecule has 0 bridgehead atoms. The topological polar surface area (TPSA) is 54.5 Å². The molecule has 4 nitrogen and oxygen atoms in total. The SMILES string of the molecule is [CH]C(=O)N1CCS(=O)(=O)CC1. The van der Waals surface area contributed by atoms with Gasteiger partial charge in [0.1, 0.15) is 0 Å². The number of rotatable bonds is 0. The summed E-state index contributed by atoms with van der Waals surface area (Å²) in [6.07, 6.45) is 0. The van der Waals surface area contributed by atoms with E-state index in [9.17, 15) is 13.2 Å². The van der Waals surface area contributed by atoms with E-state index in [-0.39, 0.29) is 24.6 Å². The standard InChI is InChI=1S/C6H9NO3S/c1-6(8)7-2-4-11(9,10)5-3-7/h1H,2-5H2. The molecule has 1 saturated heterocycles. The molecule has 1 heterocycles. The number of carbonyl (C=O) groups is 1. The molecular formula is C6H9NO3S. The van der Waals surface area contributed by atoms with Crippen LogP contribution < -0.4 is 0 Å². The van der Waals surface area contributed by atoms with Gasteiger partial charge in [0.05, 0.1) is 18.4 Å². The van der Waals surface area contributed by atoms with Crippen LogP contribution >= 0.6 is 0 Å². The Morgan fingerprint density at radius 3 is 2.09 bits per heavy atom. The van der Waals surface area contributed by atoms with Crippen LogP contribution in [0.25, 0.3) is 0 Å². The Hall–Kier alpha value is -0.580. The summed E-state index contributed by atoms with van der Waals surface area (Å²) >= 11 is 0. The highest BCUT2D eigenvalue weighted by atomic mass is 32.2. The molecule has 0 aromatic carbocycles. The monoisotopic (exact) mass is 175 g/mol. The number of carbonyl (C=O) groups excluding carboxylic acids is 1. The minimum atomic E-state index is -2.90. The predicted molar refractivity (Wildman–Crippen MR) is 39.5 cm³/mol. The Morgan fingerprint density at radius 1 is 1.27 bits per heavy atom. The number of amides is 1. The van der Waals surface area contributed by atoms with E-state index in [1.807, 2.05) is 0 Å². The molecule has 1 aliphatic heterocycles. The van der Waals surface area contributed by atoms with Gasteiger partial charge in [-0.05, 0) is 0 Å². The molecule has 1 aliphatic rings. The Bertz CT molecular complexity index is 243. The maximum Gasteiger partial charge on any atom is 0.227 e. The normalized spacial score (nSPS) is 23.2. The van der Waals surface area contributed by atoms with Crippen LogP contribution in [-0.4, -0.2) is 43.8 Å². The zero-order valence-corrected chi connectivity index (χ0v) is 6.80. The second kappa shape index (κ2) is 2.81. The maximum atomic E-state index is 10.8. The summed E-state index contributed by atoms with van der Waals surface area (Å²) < 4.78 is 21.7. The van der Waals surface area contributed by atoms with Crippen molar-refractivity contribution in [1.29, 1.82) is 0 Å². The van der Waals surface area contributed by atoms with Crippen molar-refractivity contribution in [3.8, 4) is 0 Å². The van der Waals surface area contributed by atoms with Crippen LogP contribution in [0.2, 0.25) is 0 Å². The molecule has 0 atom stereocenters. The number of hydrogen-bond donors (Lipinski definition) is 0. The first-order chi connectivity index (χ1) is 5.01. The third kappa shape index (κ3) is 2.18. The fourth-order valence-corrected chi connectivity index (χ4v) is 2.13. The number of sulfone groups is 1. The quantitative estimate of drug-likeness (QED) is 0.472. The van der Waals surface area contributed by atoms with Crippen molar-refractivity contribution in [3.05, 3.63) is 6.92 Å². The van der Waals surface area contributed by atoms with Gasteiger partial charge in [-0.2, -0.15) is 0 Å². The second-order valence-electron chi connectivity index (χ2n) is 2.48. The fraction of sp³-hybridized carbons (Fsp3) is 0.667. The summed E-state index contributed by atoms with van der Waals surface area (Å²) in [5, 5.41) is 0. The zero-order valence-electron chi connectivity index (χ0n) is 5.99. The predicted octanol–water partition coefficient (Wildman–Crippen LogP) is -1.05. The van der Waals surface area contributed by atoms with Crippen molar-refractivity contribution in [2.45, 2.75) is 0 Å². The van der Waals surface area contributed by atoms with E-state index >= 15 is 0 Å². The summed E-state index contributed by atoms with van der Waals surface area (Å²) in [6, 6.07) is 0. The van der Waals surface area contributed by atoms with Gasteiger partial charge < -0.3 is 4.90 Å². The summed E-state index contributed by atoms with van der Waals surface area (Å²) in [7, 11) is -2.90. The van der Waals surface area contributed by atoms with Crippen LogP contribution in [0, 0.1) is 6.92 Å².